The highest BCUT2D eigenvalue weighted by Gasteiger charge is 2.26. The van der Waals surface area contributed by atoms with Gasteiger partial charge in [0.2, 0.25) is 10.0 Å². The molecule has 3 aromatic rings. The van der Waals surface area contributed by atoms with Gasteiger partial charge in [-0.15, -0.1) is 11.6 Å². The van der Waals surface area contributed by atoms with Crippen molar-refractivity contribution in [3.63, 3.8) is 0 Å². The highest BCUT2D eigenvalue weighted by Crippen LogP contribution is 2.38. The van der Waals surface area contributed by atoms with E-state index in [-0.39, 0.29) is 18.5 Å². The van der Waals surface area contributed by atoms with Crippen molar-refractivity contribution in [2.45, 2.75) is 32.3 Å². The normalized spacial score (nSPS) is 12.6. The molecule has 1 unspecified atom stereocenters. The molecule has 0 spiro atoms. The molecule has 1 aromatic heterocycles. The van der Waals surface area contributed by atoms with E-state index in [1.54, 1.807) is 19.1 Å². The molecule has 2 aromatic carbocycles. The molecule has 0 aliphatic heterocycles. The van der Waals surface area contributed by atoms with Crippen LogP contribution in [0.15, 0.2) is 47.1 Å². The van der Waals surface area contributed by atoms with E-state index >= 15 is 0 Å². The van der Waals surface area contributed by atoms with Gasteiger partial charge in [-0.05, 0) is 42.3 Å². The number of ether oxygens (including phenoxy) is 2. The quantitative estimate of drug-likeness (QED) is 0.332. The Balaban J connectivity index is 1.78. The second-order valence-corrected chi connectivity index (χ2v) is 10.9. The van der Waals surface area contributed by atoms with Crippen molar-refractivity contribution in [3.8, 4) is 17.6 Å². The van der Waals surface area contributed by atoms with Crippen LogP contribution in [-0.4, -0.2) is 32.1 Å². The van der Waals surface area contributed by atoms with E-state index in [4.69, 9.17) is 37.1 Å². The first-order chi connectivity index (χ1) is 16.4. The molecule has 1 atom stereocenters. The molecule has 0 saturated carbocycles. The Morgan fingerprint density at radius 1 is 1.23 bits per heavy atom. The first-order valence-electron chi connectivity index (χ1n) is 10.6. The second-order valence-electron chi connectivity index (χ2n) is 8.35. The Kier molecular flexibility index (Phi) is 8.21. The molecule has 3 rings (SSSR count). The number of hydrogen-bond acceptors (Lipinski definition) is 7. The zero-order chi connectivity index (χ0) is 25.8. The van der Waals surface area contributed by atoms with Crippen molar-refractivity contribution in [2.75, 3.05) is 23.5 Å². The van der Waals surface area contributed by atoms with Gasteiger partial charge in [0.25, 0.3) is 0 Å². The molecule has 0 aliphatic carbocycles. The summed E-state index contributed by atoms with van der Waals surface area (Å²) < 4.78 is 41.4. The number of nitrogens with zero attached hydrogens (tertiary/aromatic N) is 2. The fourth-order valence-corrected chi connectivity index (χ4v) is 4.15. The van der Waals surface area contributed by atoms with Crippen LogP contribution in [0.4, 0.5) is 6.01 Å². The number of rotatable bonds is 10. The summed E-state index contributed by atoms with van der Waals surface area (Å²) in [7, 11) is -3.49. The van der Waals surface area contributed by atoms with Crippen molar-refractivity contribution in [2.24, 2.45) is 0 Å². The van der Waals surface area contributed by atoms with E-state index in [0.29, 0.717) is 27.8 Å². The zero-order valence-corrected chi connectivity index (χ0v) is 22.0. The van der Waals surface area contributed by atoms with Gasteiger partial charge in [-0.3, -0.25) is 0 Å². The highest BCUT2D eigenvalue weighted by atomic mass is 35.5. The SMILES string of the molecule is CC(Oc1ccc(C(C)(C)c2cc(Cl)c(OCCCl)c(C#N)c2)cc1)c1coc(NS(C)(=O)=O)n1. The van der Waals surface area contributed by atoms with Crippen LogP contribution in [0, 0.1) is 11.3 Å². The van der Waals surface area contributed by atoms with Crippen LogP contribution < -0.4 is 14.2 Å². The van der Waals surface area contributed by atoms with Gasteiger partial charge in [0.15, 0.2) is 5.75 Å². The summed E-state index contributed by atoms with van der Waals surface area (Å²) in [5.41, 5.74) is 2.15. The lowest BCUT2D eigenvalue weighted by atomic mass is 9.77. The van der Waals surface area contributed by atoms with Gasteiger partial charge in [-0.1, -0.05) is 37.6 Å². The maximum atomic E-state index is 11.3. The lowest BCUT2D eigenvalue weighted by molar-refractivity contribution is 0.221. The summed E-state index contributed by atoms with van der Waals surface area (Å²) in [6.45, 7) is 6.09. The minimum atomic E-state index is -3.49. The van der Waals surface area contributed by atoms with Crippen molar-refractivity contribution in [3.05, 3.63) is 70.1 Å². The summed E-state index contributed by atoms with van der Waals surface area (Å²) >= 11 is 12.1. The van der Waals surface area contributed by atoms with Crippen molar-refractivity contribution in [1.29, 1.82) is 5.26 Å². The first-order valence-corrected chi connectivity index (χ1v) is 13.4. The number of oxazole rings is 1. The smallest absolute Gasteiger partial charge is 0.308 e. The molecule has 0 fully saturated rings. The minimum absolute atomic E-state index is 0.121. The van der Waals surface area contributed by atoms with E-state index < -0.39 is 21.5 Å². The summed E-state index contributed by atoms with van der Waals surface area (Å²) in [4.78, 5) is 4.10. The Bertz CT molecular complexity index is 1330. The second kappa shape index (κ2) is 10.8. The van der Waals surface area contributed by atoms with Crippen LogP contribution in [-0.2, 0) is 15.4 Å². The van der Waals surface area contributed by atoms with Crippen LogP contribution in [0.25, 0.3) is 0 Å². The Morgan fingerprint density at radius 2 is 1.91 bits per heavy atom. The molecule has 0 aliphatic rings. The number of benzene rings is 2. The highest BCUT2D eigenvalue weighted by molar-refractivity contribution is 7.91. The third-order valence-electron chi connectivity index (χ3n) is 5.31. The third kappa shape index (κ3) is 6.60. The molecule has 0 bridgehead atoms. The van der Waals surface area contributed by atoms with Crippen LogP contribution in [0.1, 0.15) is 49.3 Å². The molecule has 11 heteroatoms. The monoisotopic (exact) mass is 537 g/mol. The lowest BCUT2D eigenvalue weighted by Gasteiger charge is -2.27. The molecule has 1 N–H and O–H groups in total. The van der Waals surface area contributed by atoms with E-state index in [2.05, 4.69) is 15.8 Å². The van der Waals surface area contributed by atoms with Crippen molar-refractivity contribution in [1.82, 2.24) is 4.98 Å². The van der Waals surface area contributed by atoms with E-state index in [1.807, 2.05) is 38.1 Å². The molecule has 8 nitrogen and oxygen atoms in total. The molecule has 186 valence electrons. The first kappa shape index (κ1) is 26.7. The maximum Gasteiger partial charge on any atom is 0.308 e. The molecule has 0 radical (unpaired) electrons. The topological polar surface area (TPSA) is 114 Å². The molecule has 0 amide bonds. The standard InChI is InChI=1S/C24H25Cl2N3O5S/c1-15(21-14-33-23(28-21)29-35(4,30)31)34-19-7-5-17(6-8-19)24(2,3)18-11-16(13-27)22(20(26)12-18)32-10-9-25/h5-8,11-12,14-15H,9-10H2,1-4H3,(H,28,29). The summed E-state index contributed by atoms with van der Waals surface area (Å²) in [6.07, 6.45) is 1.87. The Hall–Kier alpha value is -2.93. The van der Waals surface area contributed by atoms with Crippen LogP contribution >= 0.6 is 23.2 Å². The van der Waals surface area contributed by atoms with E-state index in [9.17, 15) is 13.7 Å². The van der Waals surface area contributed by atoms with Crippen LogP contribution in [0.5, 0.6) is 11.5 Å². The number of nitrogens with one attached hydrogen (secondary N) is 1. The van der Waals surface area contributed by atoms with Gasteiger partial charge in [-0.2, -0.15) is 10.2 Å². The number of sulfonamides is 1. The number of nitriles is 1. The molecular formula is C24H25Cl2N3O5S. The lowest BCUT2D eigenvalue weighted by Crippen LogP contribution is -2.19. The summed E-state index contributed by atoms with van der Waals surface area (Å²) in [5, 5.41) is 9.94. The number of anilines is 1. The van der Waals surface area contributed by atoms with Crippen molar-refractivity contribution < 1.29 is 22.3 Å². The fourth-order valence-electron chi connectivity index (χ4n) is 3.38. The third-order valence-corrected chi connectivity index (χ3v) is 6.29. The Labute approximate surface area is 214 Å². The predicted molar refractivity (Wildman–Crippen MR) is 135 cm³/mol. The van der Waals surface area contributed by atoms with Gasteiger partial charge >= 0.3 is 6.01 Å². The summed E-state index contributed by atoms with van der Waals surface area (Å²) in [6, 6.07) is 13.1. The summed E-state index contributed by atoms with van der Waals surface area (Å²) in [5.74, 6) is 1.21. The maximum absolute atomic E-state index is 11.3. The number of aromatic nitrogens is 1. The van der Waals surface area contributed by atoms with E-state index in [0.717, 1.165) is 17.4 Å². The zero-order valence-electron chi connectivity index (χ0n) is 19.6. The van der Waals surface area contributed by atoms with Gasteiger partial charge in [0.05, 0.1) is 22.7 Å². The average Bonchev–Trinajstić information content (AvgIpc) is 3.25. The Morgan fingerprint density at radius 3 is 2.51 bits per heavy atom. The van der Waals surface area contributed by atoms with Gasteiger partial charge in [-0.25, -0.2) is 13.1 Å². The van der Waals surface area contributed by atoms with Gasteiger partial charge in [0.1, 0.15) is 36.5 Å². The van der Waals surface area contributed by atoms with Gasteiger partial charge < -0.3 is 13.9 Å². The largest absolute Gasteiger partial charge is 0.489 e. The average molecular weight is 538 g/mol. The fraction of sp³-hybridized carbons (Fsp3) is 0.333. The van der Waals surface area contributed by atoms with Crippen molar-refractivity contribution >= 4 is 39.2 Å². The van der Waals surface area contributed by atoms with Gasteiger partial charge in [0, 0.05) is 5.41 Å². The number of alkyl halides is 1. The molecule has 0 saturated heterocycles. The number of hydrogen-bond donors (Lipinski definition) is 1. The minimum Gasteiger partial charge on any atom is -0.489 e. The van der Waals surface area contributed by atoms with Crippen LogP contribution in [0.3, 0.4) is 0 Å². The predicted octanol–water partition coefficient (Wildman–Crippen LogP) is 5.65. The van der Waals surface area contributed by atoms with E-state index in [1.165, 1.54) is 6.26 Å². The molecule has 35 heavy (non-hydrogen) atoms. The number of halogens is 2. The molecule has 1 heterocycles. The molecular weight excluding hydrogens is 513 g/mol. The van der Waals surface area contributed by atoms with Crippen LogP contribution in [0.2, 0.25) is 5.02 Å².